The van der Waals surface area contributed by atoms with E-state index in [1.165, 1.54) is 72.3 Å². The molecule has 0 aliphatic rings. The Morgan fingerprint density at radius 3 is 0.549 bits per heavy atom. The molecule has 0 fully saturated rings. The molecule has 0 heteroatoms. The second kappa shape index (κ2) is 21.6. The van der Waals surface area contributed by atoms with E-state index in [-0.39, 0.29) is 0 Å². The summed E-state index contributed by atoms with van der Waals surface area (Å²) in [7, 11) is 0. The van der Waals surface area contributed by atoms with Crippen molar-refractivity contribution in [3.8, 4) is 66.8 Å². The SMILES string of the molecule is CC.CC.CC.CC.Cc1cc(-c2cc(-c3ccccc3)cc(-c3ccccc3)c2)cc(-c2cc(-c3ccccc3)cc(-c3ccccc3)c2)c1. The van der Waals surface area contributed by atoms with Crippen LogP contribution < -0.4 is 0 Å². The summed E-state index contributed by atoms with van der Waals surface area (Å²) in [6.07, 6.45) is 0. The first-order chi connectivity index (χ1) is 25.2. The summed E-state index contributed by atoms with van der Waals surface area (Å²) < 4.78 is 0. The maximum atomic E-state index is 2.35. The fourth-order valence-electron chi connectivity index (χ4n) is 5.89. The van der Waals surface area contributed by atoms with Crippen LogP contribution in [0.15, 0.2) is 176 Å². The molecular weight excluding hydrogens is 613 g/mol. The number of hydrogen-bond donors (Lipinski definition) is 0. The molecule has 0 amide bonds. The molecule has 0 atom stereocenters. The number of rotatable bonds is 6. The molecule has 0 radical (unpaired) electrons. The van der Waals surface area contributed by atoms with E-state index in [2.05, 4.69) is 183 Å². The molecule has 0 aliphatic heterocycles. The Bertz CT molecular complexity index is 1730. The normalized spacial score (nSPS) is 9.67. The van der Waals surface area contributed by atoms with E-state index in [9.17, 15) is 0 Å². The fourth-order valence-corrected chi connectivity index (χ4v) is 5.89. The van der Waals surface area contributed by atoms with Gasteiger partial charge >= 0.3 is 0 Å². The summed E-state index contributed by atoms with van der Waals surface area (Å²) in [4.78, 5) is 0. The predicted molar refractivity (Wildman–Crippen MR) is 229 cm³/mol. The van der Waals surface area contributed by atoms with Gasteiger partial charge in [0.2, 0.25) is 0 Å². The van der Waals surface area contributed by atoms with Crippen molar-refractivity contribution in [2.45, 2.75) is 62.3 Å². The van der Waals surface area contributed by atoms with Gasteiger partial charge in [0.1, 0.15) is 0 Å². The van der Waals surface area contributed by atoms with Crippen LogP contribution in [-0.2, 0) is 0 Å². The Hall–Kier alpha value is -5.46. The highest BCUT2D eigenvalue weighted by atomic mass is 14.2. The van der Waals surface area contributed by atoms with Gasteiger partial charge in [0, 0.05) is 0 Å². The summed E-state index contributed by atoms with van der Waals surface area (Å²) in [5, 5.41) is 0. The van der Waals surface area contributed by atoms with Gasteiger partial charge in [-0.1, -0.05) is 189 Å². The zero-order valence-corrected chi connectivity index (χ0v) is 32.2. The zero-order valence-electron chi connectivity index (χ0n) is 32.2. The van der Waals surface area contributed by atoms with Crippen LogP contribution in [0.3, 0.4) is 0 Å². The van der Waals surface area contributed by atoms with Gasteiger partial charge in [0.05, 0.1) is 0 Å². The fraction of sp³-hybridized carbons (Fsp3) is 0.176. The monoisotopic (exact) mass is 668 g/mol. The Morgan fingerprint density at radius 2 is 0.353 bits per heavy atom. The van der Waals surface area contributed by atoms with Crippen molar-refractivity contribution in [2.75, 3.05) is 0 Å². The summed E-state index contributed by atoms with van der Waals surface area (Å²) in [5.41, 5.74) is 15.9. The van der Waals surface area contributed by atoms with E-state index in [0.717, 1.165) is 0 Å². The van der Waals surface area contributed by atoms with Gasteiger partial charge in [-0.3, -0.25) is 0 Å². The molecule has 0 spiro atoms. The lowest BCUT2D eigenvalue weighted by Gasteiger charge is -2.15. The minimum atomic E-state index is 1.22. The first kappa shape index (κ1) is 40.0. The van der Waals surface area contributed by atoms with Crippen molar-refractivity contribution < 1.29 is 0 Å². The quantitative estimate of drug-likeness (QED) is 0.165. The lowest BCUT2D eigenvalue weighted by Crippen LogP contribution is -1.90. The standard InChI is InChI=1S/C43H32.4C2H6/c1-31-22-36(42-27-38(32-14-6-2-7-15-32)25-39(28-42)33-16-8-3-9-17-33)24-37(23-31)43-29-40(34-18-10-4-11-19-34)26-41(30-43)35-20-12-5-13-21-35;4*1-2/h2-30H,1H3;4*1-2H3. The van der Waals surface area contributed by atoms with Crippen LogP contribution in [0.4, 0.5) is 0 Å². The largest absolute Gasteiger partial charge is 0.0683 e. The average molecular weight is 669 g/mol. The molecule has 0 N–H and O–H groups in total. The maximum absolute atomic E-state index is 2.35. The van der Waals surface area contributed by atoms with Crippen molar-refractivity contribution in [2.24, 2.45) is 0 Å². The highest BCUT2D eigenvalue weighted by Gasteiger charge is 2.12. The maximum Gasteiger partial charge on any atom is -0.0171 e. The van der Waals surface area contributed by atoms with Gasteiger partial charge in [-0.2, -0.15) is 0 Å². The molecule has 0 unspecified atom stereocenters. The summed E-state index contributed by atoms with van der Waals surface area (Å²) >= 11 is 0. The molecule has 7 rings (SSSR count). The Balaban J connectivity index is 0.000000822. The van der Waals surface area contributed by atoms with Crippen molar-refractivity contribution in [3.63, 3.8) is 0 Å². The van der Waals surface area contributed by atoms with Crippen LogP contribution in [0.2, 0.25) is 0 Å². The molecule has 7 aromatic rings. The first-order valence-corrected chi connectivity index (χ1v) is 18.8. The van der Waals surface area contributed by atoms with Crippen LogP contribution in [0.1, 0.15) is 61.0 Å². The molecule has 51 heavy (non-hydrogen) atoms. The third kappa shape index (κ3) is 10.8. The molecule has 0 heterocycles. The smallest absolute Gasteiger partial charge is 0.0171 e. The van der Waals surface area contributed by atoms with Crippen LogP contribution in [-0.4, -0.2) is 0 Å². The molecule has 0 saturated heterocycles. The predicted octanol–water partition coefficient (Wildman–Crippen LogP) is 16.1. The van der Waals surface area contributed by atoms with Gasteiger partial charge in [0.25, 0.3) is 0 Å². The van der Waals surface area contributed by atoms with Crippen LogP contribution in [0.25, 0.3) is 66.8 Å². The van der Waals surface area contributed by atoms with Crippen molar-refractivity contribution in [3.05, 3.63) is 181 Å². The van der Waals surface area contributed by atoms with E-state index >= 15 is 0 Å². The van der Waals surface area contributed by atoms with E-state index in [1.807, 2.05) is 55.4 Å². The molecular formula is C51H56. The van der Waals surface area contributed by atoms with E-state index in [4.69, 9.17) is 0 Å². The Morgan fingerprint density at radius 1 is 0.196 bits per heavy atom. The van der Waals surface area contributed by atoms with E-state index < -0.39 is 0 Å². The zero-order chi connectivity index (χ0) is 37.0. The number of aryl methyl sites for hydroxylation is 1. The third-order valence-corrected chi connectivity index (χ3v) is 8.04. The minimum Gasteiger partial charge on any atom is -0.0683 e. The molecule has 7 aromatic carbocycles. The molecule has 0 bridgehead atoms. The Kier molecular flexibility index (Phi) is 16.9. The summed E-state index contributed by atoms with van der Waals surface area (Å²) in [6.45, 7) is 18.2. The lowest BCUT2D eigenvalue weighted by atomic mass is 9.89. The molecule has 0 aliphatic carbocycles. The van der Waals surface area contributed by atoms with Crippen molar-refractivity contribution in [1.29, 1.82) is 0 Å². The van der Waals surface area contributed by atoms with E-state index in [0.29, 0.717) is 0 Å². The molecule has 260 valence electrons. The van der Waals surface area contributed by atoms with Crippen LogP contribution >= 0.6 is 0 Å². The Labute approximate surface area is 309 Å². The molecule has 0 nitrogen and oxygen atoms in total. The topological polar surface area (TPSA) is 0 Å². The van der Waals surface area contributed by atoms with E-state index in [1.54, 1.807) is 0 Å². The van der Waals surface area contributed by atoms with Crippen molar-refractivity contribution in [1.82, 2.24) is 0 Å². The second-order valence-corrected chi connectivity index (χ2v) is 11.1. The van der Waals surface area contributed by atoms with Gasteiger partial charge in [-0.05, 0) is 122 Å². The second-order valence-electron chi connectivity index (χ2n) is 11.1. The highest BCUT2D eigenvalue weighted by Crippen LogP contribution is 2.37. The minimum absolute atomic E-state index is 1.22. The van der Waals surface area contributed by atoms with Gasteiger partial charge in [0.15, 0.2) is 0 Å². The summed E-state index contributed by atoms with van der Waals surface area (Å²) in [6, 6.07) is 63.6. The number of benzene rings is 7. The highest BCUT2D eigenvalue weighted by molar-refractivity contribution is 5.86. The van der Waals surface area contributed by atoms with Crippen LogP contribution in [0.5, 0.6) is 0 Å². The van der Waals surface area contributed by atoms with Gasteiger partial charge in [-0.15, -0.1) is 0 Å². The first-order valence-electron chi connectivity index (χ1n) is 18.8. The van der Waals surface area contributed by atoms with Gasteiger partial charge < -0.3 is 0 Å². The molecule has 0 aromatic heterocycles. The van der Waals surface area contributed by atoms with Gasteiger partial charge in [-0.25, -0.2) is 0 Å². The molecule has 0 saturated carbocycles. The lowest BCUT2D eigenvalue weighted by molar-refractivity contribution is 1.45. The summed E-state index contributed by atoms with van der Waals surface area (Å²) in [5.74, 6) is 0. The average Bonchev–Trinajstić information content (AvgIpc) is 3.24. The van der Waals surface area contributed by atoms with Crippen LogP contribution in [0, 0.1) is 6.92 Å². The third-order valence-electron chi connectivity index (χ3n) is 8.04. The number of hydrogen-bond acceptors (Lipinski definition) is 0. The van der Waals surface area contributed by atoms with Crippen molar-refractivity contribution >= 4 is 0 Å².